The van der Waals surface area contributed by atoms with Crippen LogP contribution < -0.4 is 0 Å². The van der Waals surface area contributed by atoms with E-state index in [9.17, 15) is 9.59 Å². The molecule has 8 heteroatoms. The van der Waals surface area contributed by atoms with Gasteiger partial charge in [0.25, 0.3) is 5.91 Å². The summed E-state index contributed by atoms with van der Waals surface area (Å²) in [6.45, 7) is 6.21. The SMILES string of the molecule is Cc1cnn(CC(=O)N2CCC[C@@H]2c2ccc(C(=O)N3CCN(C)CC3)cn2)c1. The number of rotatable bonds is 4. The van der Waals surface area contributed by atoms with E-state index in [4.69, 9.17) is 0 Å². The Labute approximate surface area is 171 Å². The predicted octanol–water partition coefficient (Wildman–Crippen LogP) is 1.34. The van der Waals surface area contributed by atoms with Gasteiger partial charge < -0.3 is 14.7 Å². The molecule has 0 aromatic carbocycles. The Hall–Kier alpha value is -2.74. The minimum atomic E-state index is -0.0352. The van der Waals surface area contributed by atoms with Gasteiger partial charge in [0.1, 0.15) is 6.54 Å². The van der Waals surface area contributed by atoms with Gasteiger partial charge in [0.2, 0.25) is 5.91 Å². The monoisotopic (exact) mass is 396 g/mol. The number of aromatic nitrogens is 3. The van der Waals surface area contributed by atoms with Crippen LogP contribution >= 0.6 is 0 Å². The Balaban J connectivity index is 1.42. The smallest absolute Gasteiger partial charge is 0.255 e. The summed E-state index contributed by atoms with van der Waals surface area (Å²) in [7, 11) is 2.07. The fraction of sp³-hybridized carbons (Fsp3) is 0.524. The summed E-state index contributed by atoms with van der Waals surface area (Å²) in [6.07, 6.45) is 7.14. The minimum absolute atomic E-state index is 0.0329. The Morgan fingerprint density at radius 1 is 1.10 bits per heavy atom. The number of nitrogens with zero attached hydrogens (tertiary/aromatic N) is 6. The van der Waals surface area contributed by atoms with Crippen molar-refractivity contribution in [2.24, 2.45) is 0 Å². The zero-order chi connectivity index (χ0) is 20.4. The molecule has 2 saturated heterocycles. The highest BCUT2D eigenvalue weighted by Gasteiger charge is 2.31. The van der Waals surface area contributed by atoms with E-state index in [-0.39, 0.29) is 24.4 Å². The van der Waals surface area contributed by atoms with Crippen molar-refractivity contribution >= 4 is 11.8 Å². The van der Waals surface area contributed by atoms with Gasteiger partial charge in [-0.15, -0.1) is 0 Å². The lowest BCUT2D eigenvalue weighted by Gasteiger charge is -2.32. The maximum absolute atomic E-state index is 12.8. The highest BCUT2D eigenvalue weighted by molar-refractivity contribution is 5.94. The Bertz CT molecular complexity index is 870. The molecule has 8 nitrogen and oxygen atoms in total. The third-order valence-electron chi connectivity index (χ3n) is 5.80. The highest BCUT2D eigenvalue weighted by Crippen LogP contribution is 2.31. The molecule has 4 rings (SSSR count). The third kappa shape index (κ3) is 4.32. The molecular weight excluding hydrogens is 368 g/mol. The van der Waals surface area contributed by atoms with E-state index >= 15 is 0 Å². The van der Waals surface area contributed by atoms with E-state index < -0.39 is 0 Å². The summed E-state index contributed by atoms with van der Waals surface area (Å²) in [5, 5.41) is 4.21. The van der Waals surface area contributed by atoms with Crippen molar-refractivity contribution < 1.29 is 9.59 Å². The standard InChI is InChI=1S/C21H28N6O2/c1-16-12-23-26(14-16)15-20(28)27-7-3-4-19(27)18-6-5-17(13-22-18)21(29)25-10-8-24(2)9-11-25/h5-6,12-14,19H,3-4,7-11,15H2,1-2H3/t19-/m1/s1. The van der Waals surface area contributed by atoms with Gasteiger partial charge in [-0.1, -0.05) is 0 Å². The van der Waals surface area contributed by atoms with Gasteiger partial charge >= 0.3 is 0 Å². The van der Waals surface area contributed by atoms with Gasteiger partial charge in [0, 0.05) is 45.1 Å². The number of likely N-dealkylation sites (N-methyl/N-ethyl adjacent to an activating group) is 1. The molecule has 2 fully saturated rings. The van der Waals surface area contributed by atoms with Crippen LogP contribution in [0.15, 0.2) is 30.7 Å². The van der Waals surface area contributed by atoms with Crippen molar-refractivity contribution in [1.29, 1.82) is 0 Å². The van der Waals surface area contributed by atoms with E-state index in [2.05, 4.69) is 22.0 Å². The molecule has 0 radical (unpaired) electrons. The molecule has 0 unspecified atom stereocenters. The maximum Gasteiger partial charge on any atom is 0.255 e. The van der Waals surface area contributed by atoms with Crippen LogP contribution in [0.25, 0.3) is 0 Å². The first-order chi connectivity index (χ1) is 14.0. The van der Waals surface area contributed by atoms with Crippen molar-refractivity contribution in [3.63, 3.8) is 0 Å². The molecule has 29 heavy (non-hydrogen) atoms. The van der Waals surface area contributed by atoms with Crippen molar-refractivity contribution in [2.75, 3.05) is 39.8 Å². The number of hydrogen-bond donors (Lipinski definition) is 0. The molecule has 154 valence electrons. The van der Waals surface area contributed by atoms with Gasteiger partial charge in [-0.25, -0.2) is 0 Å². The summed E-state index contributed by atoms with van der Waals surface area (Å²) >= 11 is 0. The lowest BCUT2D eigenvalue weighted by molar-refractivity contribution is -0.133. The van der Waals surface area contributed by atoms with Crippen molar-refractivity contribution in [2.45, 2.75) is 32.4 Å². The first-order valence-corrected chi connectivity index (χ1v) is 10.2. The summed E-state index contributed by atoms with van der Waals surface area (Å²) in [6, 6.07) is 3.71. The van der Waals surface area contributed by atoms with Crippen LogP contribution in [0.3, 0.4) is 0 Å². The van der Waals surface area contributed by atoms with Crippen LogP contribution in [-0.2, 0) is 11.3 Å². The number of pyridine rings is 1. The van der Waals surface area contributed by atoms with Crippen LogP contribution in [-0.4, -0.2) is 81.1 Å². The van der Waals surface area contributed by atoms with Gasteiger partial charge in [-0.05, 0) is 44.5 Å². The summed E-state index contributed by atoms with van der Waals surface area (Å²) < 4.78 is 1.68. The van der Waals surface area contributed by atoms with Crippen LogP contribution in [0.4, 0.5) is 0 Å². The topological polar surface area (TPSA) is 74.6 Å². The fourth-order valence-corrected chi connectivity index (χ4v) is 4.08. The largest absolute Gasteiger partial charge is 0.336 e. The maximum atomic E-state index is 12.8. The molecule has 0 spiro atoms. The van der Waals surface area contributed by atoms with Crippen molar-refractivity contribution in [3.05, 3.63) is 47.5 Å². The summed E-state index contributed by atoms with van der Waals surface area (Å²) in [5.41, 5.74) is 2.50. The normalized spacial score (nSPS) is 20.3. The molecule has 2 aliphatic heterocycles. The number of carbonyl (C=O) groups is 2. The van der Waals surface area contributed by atoms with Crippen molar-refractivity contribution in [1.82, 2.24) is 29.5 Å². The molecule has 2 amide bonds. The zero-order valence-corrected chi connectivity index (χ0v) is 17.1. The van der Waals surface area contributed by atoms with Crippen LogP contribution in [0, 0.1) is 6.92 Å². The first kappa shape index (κ1) is 19.6. The number of piperazine rings is 1. The Morgan fingerprint density at radius 3 is 2.55 bits per heavy atom. The first-order valence-electron chi connectivity index (χ1n) is 10.2. The van der Waals surface area contributed by atoms with Gasteiger partial charge in [-0.2, -0.15) is 5.10 Å². The van der Waals surface area contributed by atoms with E-state index in [1.54, 1.807) is 17.1 Å². The second kappa shape index (κ2) is 8.32. The lowest BCUT2D eigenvalue weighted by Crippen LogP contribution is -2.47. The Morgan fingerprint density at radius 2 is 1.90 bits per heavy atom. The molecule has 2 aliphatic rings. The van der Waals surface area contributed by atoms with Gasteiger partial charge in [0.15, 0.2) is 0 Å². The second-order valence-corrected chi connectivity index (χ2v) is 8.03. The van der Waals surface area contributed by atoms with Gasteiger partial charge in [-0.3, -0.25) is 19.3 Å². The molecule has 2 aromatic heterocycles. The lowest BCUT2D eigenvalue weighted by atomic mass is 10.1. The molecule has 0 bridgehead atoms. The predicted molar refractivity (Wildman–Crippen MR) is 108 cm³/mol. The third-order valence-corrected chi connectivity index (χ3v) is 5.80. The van der Waals surface area contributed by atoms with Crippen LogP contribution in [0.5, 0.6) is 0 Å². The average Bonchev–Trinajstić information content (AvgIpc) is 3.37. The highest BCUT2D eigenvalue weighted by atomic mass is 16.2. The number of carbonyl (C=O) groups excluding carboxylic acids is 2. The molecule has 0 aliphatic carbocycles. The molecule has 2 aromatic rings. The van der Waals surface area contributed by atoms with E-state index in [1.165, 1.54) is 0 Å². The summed E-state index contributed by atoms with van der Waals surface area (Å²) in [5.74, 6) is 0.0838. The average molecular weight is 396 g/mol. The Kier molecular flexibility index (Phi) is 5.62. The molecule has 0 N–H and O–H groups in total. The molecule has 4 heterocycles. The van der Waals surface area contributed by atoms with E-state index in [0.29, 0.717) is 5.56 Å². The zero-order valence-electron chi connectivity index (χ0n) is 17.1. The second-order valence-electron chi connectivity index (χ2n) is 8.03. The van der Waals surface area contributed by atoms with Crippen molar-refractivity contribution in [3.8, 4) is 0 Å². The fourth-order valence-electron chi connectivity index (χ4n) is 4.08. The minimum Gasteiger partial charge on any atom is -0.336 e. The quantitative estimate of drug-likeness (QED) is 0.780. The van der Waals surface area contributed by atoms with Crippen LogP contribution in [0.1, 0.15) is 40.5 Å². The number of amides is 2. The van der Waals surface area contributed by atoms with E-state index in [0.717, 1.165) is 56.8 Å². The van der Waals surface area contributed by atoms with E-state index in [1.807, 2.05) is 35.1 Å². The van der Waals surface area contributed by atoms with Gasteiger partial charge in [0.05, 0.1) is 23.5 Å². The number of likely N-dealkylation sites (tertiary alicyclic amines) is 1. The number of aryl methyl sites for hydroxylation is 1. The molecule has 0 saturated carbocycles. The molecule has 1 atom stereocenters. The number of hydrogen-bond acceptors (Lipinski definition) is 5. The molecular formula is C21H28N6O2. The van der Waals surface area contributed by atoms with Crippen LogP contribution in [0.2, 0.25) is 0 Å². The summed E-state index contributed by atoms with van der Waals surface area (Å²) in [4.78, 5) is 36.1.